The molecule has 0 aromatic carbocycles. The molecule has 1 N–H and O–H groups in total. The van der Waals surface area contributed by atoms with Crippen LogP contribution in [0.4, 0.5) is 0 Å². The van der Waals surface area contributed by atoms with Crippen molar-refractivity contribution in [3.05, 3.63) is 0 Å². The second kappa shape index (κ2) is 7.24. The van der Waals surface area contributed by atoms with Gasteiger partial charge in [-0.1, -0.05) is 34.6 Å². The lowest BCUT2D eigenvalue weighted by atomic mass is 9.91. The standard InChI is InChI=1S/C12H27NO/c1-11(2)9-13-10-14-8-6-7-12(3,4)5/h11,13H,6-10H2,1-5H3. The van der Waals surface area contributed by atoms with Gasteiger partial charge < -0.3 is 4.74 Å². The van der Waals surface area contributed by atoms with E-state index in [1.165, 1.54) is 6.42 Å². The minimum atomic E-state index is 0.439. The zero-order valence-electron chi connectivity index (χ0n) is 10.5. The van der Waals surface area contributed by atoms with Crippen molar-refractivity contribution in [1.29, 1.82) is 0 Å². The van der Waals surface area contributed by atoms with Crippen LogP contribution in [0.25, 0.3) is 0 Å². The maximum absolute atomic E-state index is 5.47. The summed E-state index contributed by atoms with van der Waals surface area (Å²) in [6.45, 7) is 13.8. The summed E-state index contributed by atoms with van der Waals surface area (Å²) >= 11 is 0. The van der Waals surface area contributed by atoms with Gasteiger partial charge in [0, 0.05) is 6.61 Å². The molecule has 0 aliphatic carbocycles. The minimum absolute atomic E-state index is 0.439. The molecule has 2 heteroatoms. The molecule has 0 unspecified atom stereocenters. The van der Waals surface area contributed by atoms with Gasteiger partial charge in [-0.05, 0) is 30.7 Å². The molecule has 0 bridgehead atoms. The Kier molecular flexibility index (Phi) is 7.20. The van der Waals surface area contributed by atoms with Gasteiger partial charge in [0.25, 0.3) is 0 Å². The van der Waals surface area contributed by atoms with E-state index >= 15 is 0 Å². The molecular weight excluding hydrogens is 174 g/mol. The van der Waals surface area contributed by atoms with Crippen LogP contribution in [0, 0.1) is 11.3 Å². The molecule has 0 aromatic rings. The molecule has 0 spiro atoms. The average molecular weight is 201 g/mol. The summed E-state index contributed by atoms with van der Waals surface area (Å²) < 4.78 is 5.47. The van der Waals surface area contributed by atoms with E-state index in [4.69, 9.17) is 4.74 Å². The Labute approximate surface area is 89.4 Å². The van der Waals surface area contributed by atoms with Gasteiger partial charge >= 0.3 is 0 Å². The highest BCUT2D eigenvalue weighted by Crippen LogP contribution is 2.19. The van der Waals surface area contributed by atoms with Gasteiger partial charge in [0.05, 0.1) is 6.73 Å². The van der Waals surface area contributed by atoms with Crippen LogP contribution in [-0.2, 0) is 4.74 Å². The number of ether oxygens (including phenoxy) is 1. The molecule has 0 atom stereocenters. The van der Waals surface area contributed by atoms with E-state index in [0.717, 1.165) is 19.6 Å². The Hall–Kier alpha value is -0.0800. The molecule has 0 fully saturated rings. The van der Waals surface area contributed by atoms with Crippen molar-refractivity contribution >= 4 is 0 Å². The molecule has 0 saturated heterocycles. The monoisotopic (exact) mass is 201 g/mol. The van der Waals surface area contributed by atoms with Gasteiger partial charge in [-0.2, -0.15) is 0 Å². The Balaban J connectivity index is 3.07. The summed E-state index contributed by atoms with van der Waals surface area (Å²) in [5, 5.41) is 3.26. The fraction of sp³-hybridized carbons (Fsp3) is 1.00. The first-order valence-corrected chi connectivity index (χ1v) is 5.70. The molecule has 0 aromatic heterocycles. The van der Waals surface area contributed by atoms with E-state index in [2.05, 4.69) is 39.9 Å². The topological polar surface area (TPSA) is 21.3 Å². The molecule has 86 valence electrons. The number of hydrogen-bond donors (Lipinski definition) is 1. The van der Waals surface area contributed by atoms with Crippen molar-refractivity contribution < 1.29 is 4.74 Å². The molecular formula is C12H27NO. The lowest BCUT2D eigenvalue weighted by molar-refractivity contribution is 0.105. The molecule has 0 radical (unpaired) electrons. The molecule has 0 aliphatic rings. The molecule has 0 rings (SSSR count). The van der Waals surface area contributed by atoms with Crippen molar-refractivity contribution in [2.45, 2.75) is 47.5 Å². The third kappa shape index (κ3) is 11.9. The summed E-state index contributed by atoms with van der Waals surface area (Å²) in [6.07, 6.45) is 2.39. The van der Waals surface area contributed by atoms with Crippen LogP contribution in [0.1, 0.15) is 47.5 Å². The Bertz CT molecular complexity index is 127. The quantitative estimate of drug-likeness (QED) is 0.505. The zero-order chi connectivity index (χ0) is 11.0. The third-order valence-corrected chi connectivity index (χ3v) is 1.97. The molecule has 14 heavy (non-hydrogen) atoms. The van der Waals surface area contributed by atoms with Crippen LogP contribution in [0.2, 0.25) is 0 Å². The Morgan fingerprint density at radius 1 is 1.21 bits per heavy atom. The first-order valence-electron chi connectivity index (χ1n) is 5.70. The van der Waals surface area contributed by atoms with Crippen molar-refractivity contribution in [1.82, 2.24) is 5.32 Å². The molecule has 0 saturated carbocycles. The largest absolute Gasteiger partial charge is 0.366 e. The molecule has 0 amide bonds. The SMILES string of the molecule is CC(C)CNCOCCCC(C)(C)C. The van der Waals surface area contributed by atoms with Crippen molar-refractivity contribution in [3.8, 4) is 0 Å². The fourth-order valence-corrected chi connectivity index (χ4v) is 1.20. The lowest BCUT2D eigenvalue weighted by Gasteiger charge is -2.17. The smallest absolute Gasteiger partial charge is 0.0965 e. The number of hydrogen-bond acceptors (Lipinski definition) is 2. The second-order valence-corrected chi connectivity index (χ2v) is 5.56. The predicted octanol–water partition coefficient (Wildman–Crippen LogP) is 3.03. The van der Waals surface area contributed by atoms with Crippen molar-refractivity contribution in [2.75, 3.05) is 19.9 Å². The minimum Gasteiger partial charge on any atom is -0.366 e. The summed E-state index contributed by atoms with van der Waals surface area (Å²) in [5.74, 6) is 0.702. The van der Waals surface area contributed by atoms with Gasteiger partial charge in [0.2, 0.25) is 0 Å². The Morgan fingerprint density at radius 2 is 1.86 bits per heavy atom. The van der Waals surface area contributed by atoms with Crippen LogP contribution in [0.15, 0.2) is 0 Å². The van der Waals surface area contributed by atoms with Gasteiger partial charge in [-0.3, -0.25) is 5.32 Å². The van der Waals surface area contributed by atoms with E-state index in [-0.39, 0.29) is 0 Å². The van der Waals surface area contributed by atoms with Crippen molar-refractivity contribution in [3.63, 3.8) is 0 Å². The first kappa shape index (κ1) is 13.9. The normalized spacial score (nSPS) is 12.4. The average Bonchev–Trinajstić information content (AvgIpc) is 2.00. The summed E-state index contributed by atoms with van der Waals surface area (Å²) in [6, 6.07) is 0. The van der Waals surface area contributed by atoms with Crippen LogP contribution >= 0.6 is 0 Å². The van der Waals surface area contributed by atoms with Crippen LogP contribution in [0.5, 0.6) is 0 Å². The zero-order valence-corrected chi connectivity index (χ0v) is 10.5. The second-order valence-electron chi connectivity index (χ2n) is 5.56. The van der Waals surface area contributed by atoms with E-state index in [9.17, 15) is 0 Å². The van der Waals surface area contributed by atoms with Gasteiger partial charge in [0.15, 0.2) is 0 Å². The molecule has 0 heterocycles. The first-order chi connectivity index (χ1) is 6.42. The van der Waals surface area contributed by atoms with Crippen LogP contribution in [-0.4, -0.2) is 19.9 Å². The van der Waals surface area contributed by atoms with Gasteiger partial charge in [-0.25, -0.2) is 0 Å². The van der Waals surface area contributed by atoms with E-state index in [1.54, 1.807) is 0 Å². The molecule has 2 nitrogen and oxygen atoms in total. The van der Waals surface area contributed by atoms with E-state index in [0.29, 0.717) is 18.1 Å². The van der Waals surface area contributed by atoms with E-state index < -0.39 is 0 Å². The Morgan fingerprint density at radius 3 is 2.36 bits per heavy atom. The summed E-state index contributed by atoms with van der Waals surface area (Å²) in [7, 11) is 0. The predicted molar refractivity (Wildman–Crippen MR) is 62.3 cm³/mol. The molecule has 0 aliphatic heterocycles. The maximum atomic E-state index is 5.47. The maximum Gasteiger partial charge on any atom is 0.0965 e. The van der Waals surface area contributed by atoms with Crippen LogP contribution in [0.3, 0.4) is 0 Å². The number of nitrogens with one attached hydrogen (secondary N) is 1. The highest BCUT2D eigenvalue weighted by molar-refractivity contribution is 4.60. The van der Waals surface area contributed by atoms with Gasteiger partial charge in [-0.15, -0.1) is 0 Å². The van der Waals surface area contributed by atoms with Crippen LogP contribution < -0.4 is 5.32 Å². The highest BCUT2D eigenvalue weighted by atomic mass is 16.5. The van der Waals surface area contributed by atoms with Gasteiger partial charge in [0.1, 0.15) is 0 Å². The number of rotatable bonds is 7. The summed E-state index contributed by atoms with van der Waals surface area (Å²) in [5.41, 5.74) is 0.439. The lowest BCUT2D eigenvalue weighted by Crippen LogP contribution is -2.23. The third-order valence-electron chi connectivity index (χ3n) is 1.97. The van der Waals surface area contributed by atoms with Crippen molar-refractivity contribution in [2.24, 2.45) is 11.3 Å². The summed E-state index contributed by atoms with van der Waals surface area (Å²) in [4.78, 5) is 0. The van der Waals surface area contributed by atoms with E-state index in [1.807, 2.05) is 0 Å². The highest BCUT2D eigenvalue weighted by Gasteiger charge is 2.08. The fourth-order valence-electron chi connectivity index (χ4n) is 1.20.